The van der Waals surface area contributed by atoms with Crippen LogP contribution in [0.4, 0.5) is 4.79 Å². The van der Waals surface area contributed by atoms with E-state index in [0.29, 0.717) is 0 Å². The third-order valence-corrected chi connectivity index (χ3v) is 1.17. The number of hydrogen-bond acceptors (Lipinski definition) is 2. The Morgan fingerprint density at radius 3 is 2.18 bits per heavy atom. The summed E-state index contributed by atoms with van der Waals surface area (Å²) in [6.07, 6.45) is 0. The van der Waals surface area contributed by atoms with Crippen LogP contribution in [0, 0.1) is 0 Å². The molecule has 5 nitrogen and oxygen atoms in total. The lowest BCUT2D eigenvalue weighted by Gasteiger charge is -2.16. The zero-order valence-corrected chi connectivity index (χ0v) is 6.92. The molecule has 3 amide bonds. The van der Waals surface area contributed by atoms with E-state index in [9.17, 15) is 9.59 Å². The summed E-state index contributed by atoms with van der Waals surface area (Å²) >= 11 is 0. The highest BCUT2D eigenvalue weighted by Gasteiger charge is 2.14. The second-order valence-corrected chi connectivity index (χ2v) is 2.46. The molecule has 0 rings (SSSR count). The molecular formula is C6H13N3O2. The van der Waals surface area contributed by atoms with Crippen molar-refractivity contribution in [1.82, 2.24) is 10.2 Å². The van der Waals surface area contributed by atoms with Crippen molar-refractivity contribution in [2.45, 2.75) is 13.0 Å². The summed E-state index contributed by atoms with van der Waals surface area (Å²) in [7, 11) is 3.23. The van der Waals surface area contributed by atoms with Crippen LogP contribution >= 0.6 is 0 Å². The molecule has 0 bridgehead atoms. The van der Waals surface area contributed by atoms with Gasteiger partial charge in [0.05, 0.1) is 0 Å². The van der Waals surface area contributed by atoms with Crippen LogP contribution in [0.2, 0.25) is 0 Å². The van der Waals surface area contributed by atoms with Crippen LogP contribution in [0.1, 0.15) is 6.92 Å². The van der Waals surface area contributed by atoms with E-state index >= 15 is 0 Å². The first-order valence-electron chi connectivity index (χ1n) is 3.22. The number of hydrogen-bond donors (Lipinski definition) is 2. The smallest absolute Gasteiger partial charge is 0.312 e. The molecule has 0 aromatic rings. The van der Waals surface area contributed by atoms with E-state index in [0.717, 1.165) is 0 Å². The first kappa shape index (κ1) is 9.74. The summed E-state index contributed by atoms with van der Waals surface area (Å²) in [5.74, 6) is -0.177. The second kappa shape index (κ2) is 3.80. The average Bonchev–Trinajstić information content (AvgIpc) is 1.84. The summed E-state index contributed by atoms with van der Waals surface area (Å²) in [6.45, 7) is 1.58. The number of likely N-dealkylation sites (N-methyl/N-ethyl adjacent to an activating group) is 1. The molecule has 0 unspecified atom stereocenters. The molecule has 0 fully saturated rings. The topological polar surface area (TPSA) is 75.4 Å². The van der Waals surface area contributed by atoms with Gasteiger partial charge in [0, 0.05) is 14.1 Å². The minimum absolute atomic E-state index is 0.177. The first-order chi connectivity index (χ1) is 4.95. The van der Waals surface area contributed by atoms with Crippen LogP contribution in [0.15, 0.2) is 0 Å². The number of urea groups is 1. The maximum Gasteiger partial charge on any atom is 0.312 e. The summed E-state index contributed by atoms with van der Waals surface area (Å²) in [5, 5.41) is 2.27. The lowest BCUT2D eigenvalue weighted by Crippen LogP contribution is -2.46. The normalized spacial score (nSPS) is 11.9. The fourth-order valence-corrected chi connectivity index (χ4v) is 0.662. The lowest BCUT2D eigenvalue weighted by molar-refractivity contribution is -0.130. The molecule has 11 heavy (non-hydrogen) atoms. The van der Waals surface area contributed by atoms with Gasteiger partial charge >= 0.3 is 6.03 Å². The van der Waals surface area contributed by atoms with Gasteiger partial charge in [0.2, 0.25) is 5.91 Å². The zero-order chi connectivity index (χ0) is 9.02. The average molecular weight is 159 g/mol. The molecule has 0 aromatic heterocycles. The molecule has 0 saturated carbocycles. The standard InChI is InChI=1S/C6H13N3O2/c1-4(8-6(7)11)5(10)9(2)3/h4H,1-3H3,(H3,7,8,11)/t4-/m1/s1. The molecule has 0 saturated heterocycles. The molecule has 0 aromatic carbocycles. The third-order valence-electron chi connectivity index (χ3n) is 1.17. The number of carbonyl (C=O) groups is 2. The van der Waals surface area contributed by atoms with Gasteiger partial charge < -0.3 is 16.0 Å². The second-order valence-electron chi connectivity index (χ2n) is 2.46. The van der Waals surface area contributed by atoms with Gasteiger partial charge in [0.25, 0.3) is 0 Å². The van der Waals surface area contributed by atoms with E-state index in [1.807, 2.05) is 0 Å². The maximum absolute atomic E-state index is 11.0. The number of nitrogens with zero attached hydrogens (tertiary/aromatic N) is 1. The summed E-state index contributed by atoms with van der Waals surface area (Å²) in [5.41, 5.74) is 4.81. The minimum atomic E-state index is -0.687. The van der Waals surface area contributed by atoms with Gasteiger partial charge in [-0.05, 0) is 6.92 Å². The fourth-order valence-electron chi connectivity index (χ4n) is 0.662. The van der Waals surface area contributed by atoms with E-state index in [2.05, 4.69) is 5.32 Å². The van der Waals surface area contributed by atoms with Crippen LogP contribution in [0.5, 0.6) is 0 Å². The highest BCUT2D eigenvalue weighted by atomic mass is 16.2. The van der Waals surface area contributed by atoms with Crippen LogP contribution in [0.25, 0.3) is 0 Å². The van der Waals surface area contributed by atoms with Gasteiger partial charge in [-0.1, -0.05) is 0 Å². The molecule has 64 valence electrons. The van der Waals surface area contributed by atoms with Crippen molar-refractivity contribution in [3.8, 4) is 0 Å². The molecule has 3 N–H and O–H groups in total. The van der Waals surface area contributed by atoms with Gasteiger partial charge in [-0.3, -0.25) is 4.79 Å². The van der Waals surface area contributed by atoms with Crippen molar-refractivity contribution in [3.63, 3.8) is 0 Å². The van der Waals surface area contributed by atoms with Crippen molar-refractivity contribution in [3.05, 3.63) is 0 Å². The number of nitrogens with one attached hydrogen (secondary N) is 1. The van der Waals surface area contributed by atoms with Gasteiger partial charge in [0.1, 0.15) is 6.04 Å². The minimum Gasteiger partial charge on any atom is -0.352 e. The lowest BCUT2D eigenvalue weighted by atomic mass is 10.3. The highest BCUT2D eigenvalue weighted by Crippen LogP contribution is 1.86. The number of rotatable bonds is 2. The Morgan fingerprint density at radius 1 is 1.45 bits per heavy atom. The summed E-state index contributed by atoms with van der Waals surface area (Å²) in [6, 6.07) is -1.24. The zero-order valence-electron chi connectivity index (χ0n) is 6.92. The molecule has 0 aliphatic heterocycles. The number of nitrogens with two attached hydrogens (primary N) is 1. The van der Waals surface area contributed by atoms with E-state index < -0.39 is 12.1 Å². The quantitative estimate of drug-likeness (QED) is 0.549. The van der Waals surface area contributed by atoms with E-state index in [1.54, 1.807) is 21.0 Å². The molecule has 0 radical (unpaired) electrons. The van der Waals surface area contributed by atoms with E-state index in [4.69, 9.17) is 5.73 Å². The van der Waals surface area contributed by atoms with Gasteiger partial charge in [-0.25, -0.2) is 4.79 Å². The SMILES string of the molecule is C[C@@H](NC(N)=O)C(=O)N(C)C. The fraction of sp³-hybridized carbons (Fsp3) is 0.667. The van der Waals surface area contributed by atoms with Crippen molar-refractivity contribution >= 4 is 11.9 Å². The van der Waals surface area contributed by atoms with Crippen LogP contribution in [0.3, 0.4) is 0 Å². The molecule has 0 spiro atoms. The third kappa shape index (κ3) is 3.44. The molecule has 0 aliphatic carbocycles. The van der Waals surface area contributed by atoms with Gasteiger partial charge in [0.15, 0.2) is 0 Å². The number of primary amides is 1. The first-order valence-corrected chi connectivity index (χ1v) is 3.22. The Hall–Kier alpha value is -1.26. The Balaban J connectivity index is 3.93. The van der Waals surface area contributed by atoms with Crippen LogP contribution in [-0.2, 0) is 4.79 Å². The van der Waals surface area contributed by atoms with Crippen molar-refractivity contribution in [2.24, 2.45) is 5.73 Å². The Morgan fingerprint density at radius 2 is 1.91 bits per heavy atom. The van der Waals surface area contributed by atoms with Crippen LogP contribution in [-0.4, -0.2) is 37.0 Å². The van der Waals surface area contributed by atoms with Gasteiger partial charge in [-0.2, -0.15) is 0 Å². The summed E-state index contributed by atoms with van der Waals surface area (Å²) < 4.78 is 0. The van der Waals surface area contributed by atoms with Crippen molar-refractivity contribution in [1.29, 1.82) is 0 Å². The largest absolute Gasteiger partial charge is 0.352 e. The molecule has 0 aliphatic rings. The molecule has 1 atom stereocenters. The Bertz CT molecular complexity index is 167. The Labute approximate surface area is 65.5 Å². The predicted molar refractivity (Wildman–Crippen MR) is 40.9 cm³/mol. The molecular weight excluding hydrogens is 146 g/mol. The highest BCUT2D eigenvalue weighted by molar-refractivity contribution is 5.85. The van der Waals surface area contributed by atoms with Crippen molar-refractivity contribution < 1.29 is 9.59 Å². The number of carbonyl (C=O) groups excluding carboxylic acids is 2. The van der Waals surface area contributed by atoms with Crippen LogP contribution < -0.4 is 11.1 Å². The van der Waals surface area contributed by atoms with E-state index in [-0.39, 0.29) is 5.91 Å². The van der Waals surface area contributed by atoms with Gasteiger partial charge in [-0.15, -0.1) is 0 Å². The molecule has 0 heterocycles. The predicted octanol–water partition coefficient (Wildman–Crippen LogP) is -0.869. The molecule has 5 heteroatoms. The van der Waals surface area contributed by atoms with Crippen molar-refractivity contribution in [2.75, 3.05) is 14.1 Å². The number of amides is 3. The monoisotopic (exact) mass is 159 g/mol. The van der Waals surface area contributed by atoms with E-state index in [1.165, 1.54) is 4.90 Å². The Kier molecular flexibility index (Phi) is 3.36. The maximum atomic E-state index is 11.0. The summed E-state index contributed by atoms with van der Waals surface area (Å²) in [4.78, 5) is 22.7.